The third-order valence-corrected chi connectivity index (χ3v) is 3.06. The van der Waals surface area contributed by atoms with Crippen molar-refractivity contribution in [1.29, 1.82) is 0 Å². The van der Waals surface area contributed by atoms with Crippen LogP contribution in [-0.4, -0.2) is 28.9 Å². The van der Waals surface area contributed by atoms with Crippen molar-refractivity contribution in [2.75, 3.05) is 6.54 Å². The molecule has 100 valence electrons. The standard InChI is InChI=1S/C11H13F3N2OS/c1-7-3-4-9(15-5-7)18-8(2)10(17)16-6-11(12,13)14/h3-5,8H,6H2,1-2H3,(H,16,17). The molecule has 0 saturated carbocycles. The van der Waals surface area contributed by atoms with Gasteiger partial charge in [0.15, 0.2) is 0 Å². The number of carbonyl (C=O) groups excluding carboxylic acids is 1. The van der Waals surface area contributed by atoms with Gasteiger partial charge in [0.25, 0.3) is 0 Å². The molecule has 1 rings (SSSR count). The molecule has 0 spiro atoms. The average Bonchev–Trinajstić information content (AvgIpc) is 2.28. The van der Waals surface area contributed by atoms with Crippen LogP contribution in [-0.2, 0) is 4.79 Å². The summed E-state index contributed by atoms with van der Waals surface area (Å²) in [5.41, 5.74) is 0.980. The number of hydrogen-bond donors (Lipinski definition) is 1. The SMILES string of the molecule is Cc1ccc(SC(C)C(=O)NCC(F)(F)F)nc1. The Bertz CT molecular complexity index is 406. The maximum Gasteiger partial charge on any atom is 0.405 e. The van der Waals surface area contributed by atoms with Crippen LogP contribution in [0.1, 0.15) is 12.5 Å². The summed E-state index contributed by atoms with van der Waals surface area (Å²) in [7, 11) is 0. The highest BCUT2D eigenvalue weighted by molar-refractivity contribution is 8.00. The molecule has 3 nitrogen and oxygen atoms in total. The third kappa shape index (κ3) is 5.39. The van der Waals surface area contributed by atoms with Crippen molar-refractivity contribution in [3.8, 4) is 0 Å². The van der Waals surface area contributed by atoms with Gasteiger partial charge in [-0.05, 0) is 25.5 Å². The summed E-state index contributed by atoms with van der Waals surface area (Å²) in [6, 6.07) is 3.56. The number of aromatic nitrogens is 1. The van der Waals surface area contributed by atoms with E-state index in [0.29, 0.717) is 5.03 Å². The second kappa shape index (κ2) is 6.08. The molecule has 0 saturated heterocycles. The molecule has 0 aliphatic rings. The van der Waals surface area contributed by atoms with Crippen molar-refractivity contribution < 1.29 is 18.0 Å². The number of nitrogens with one attached hydrogen (secondary N) is 1. The molecule has 1 aromatic rings. The molecule has 1 aromatic heterocycles. The second-order valence-electron chi connectivity index (χ2n) is 3.77. The van der Waals surface area contributed by atoms with Crippen molar-refractivity contribution in [2.24, 2.45) is 0 Å². The number of halogens is 3. The van der Waals surface area contributed by atoms with Crippen molar-refractivity contribution in [2.45, 2.75) is 30.3 Å². The van der Waals surface area contributed by atoms with Gasteiger partial charge >= 0.3 is 6.18 Å². The molecule has 0 radical (unpaired) electrons. The molecule has 0 aromatic carbocycles. The zero-order valence-electron chi connectivity index (χ0n) is 9.91. The number of nitrogens with zero attached hydrogens (tertiary/aromatic N) is 1. The summed E-state index contributed by atoms with van der Waals surface area (Å²) < 4.78 is 35.8. The Morgan fingerprint density at radius 1 is 1.50 bits per heavy atom. The van der Waals surface area contributed by atoms with Crippen LogP contribution >= 0.6 is 11.8 Å². The van der Waals surface area contributed by atoms with E-state index in [0.717, 1.165) is 17.3 Å². The molecular weight excluding hydrogens is 265 g/mol. The predicted molar refractivity (Wildman–Crippen MR) is 63.4 cm³/mol. The summed E-state index contributed by atoms with van der Waals surface area (Å²) in [4.78, 5) is 15.5. The lowest BCUT2D eigenvalue weighted by molar-refractivity contribution is -0.137. The topological polar surface area (TPSA) is 42.0 Å². The lowest BCUT2D eigenvalue weighted by Gasteiger charge is -2.12. The first-order valence-electron chi connectivity index (χ1n) is 5.22. The molecule has 0 aliphatic carbocycles. The Morgan fingerprint density at radius 3 is 2.67 bits per heavy atom. The van der Waals surface area contributed by atoms with Crippen molar-refractivity contribution in [1.82, 2.24) is 10.3 Å². The first kappa shape index (κ1) is 14.8. The van der Waals surface area contributed by atoms with E-state index in [4.69, 9.17) is 0 Å². The second-order valence-corrected chi connectivity index (χ2v) is 5.13. The van der Waals surface area contributed by atoms with Gasteiger partial charge in [0.1, 0.15) is 6.54 Å². The number of thioether (sulfide) groups is 1. The average molecular weight is 278 g/mol. The molecule has 1 amide bonds. The molecule has 1 unspecified atom stereocenters. The Morgan fingerprint density at radius 2 is 2.17 bits per heavy atom. The van der Waals surface area contributed by atoms with E-state index in [2.05, 4.69) is 4.98 Å². The minimum Gasteiger partial charge on any atom is -0.346 e. The zero-order valence-corrected chi connectivity index (χ0v) is 10.7. The maximum absolute atomic E-state index is 11.9. The summed E-state index contributed by atoms with van der Waals surface area (Å²) in [6.45, 7) is 2.11. The highest BCUT2D eigenvalue weighted by Gasteiger charge is 2.28. The van der Waals surface area contributed by atoms with Crippen molar-refractivity contribution in [3.63, 3.8) is 0 Å². The maximum atomic E-state index is 11.9. The molecule has 0 bridgehead atoms. The van der Waals surface area contributed by atoms with Crippen LogP contribution in [0.4, 0.5) is 13.2 Å². The molecule has 1 N–H and O–H groups in total. The smallest absolute Gasteiger partial charge is 0.346 e. The van der Waals surface area contributed by atoms with E-state index >= 15 is 0 Å². The molecular formula is C11H13F3N2OS. The van der Waals surface area contributed by atoms with E-state index in [1.165, 1.54) is 6.92 Å². The predicted octanol–water partition coefficient (Wildman–Crippen LogP) is 2.55. The van der Waals surface area contributed by atoms with Crippen LogP contribution in [0.3, 0.4) is 0 Å². The first-order chi connectivity index (χ1) is 8.28. The van der Waals surface area contributed by atoms with Crippen LogP contribution in [0.2, 0.25) is 0 Å². The van der Waals surface area contributed by atoms with Gasteiger partial charge in [-0.2, -0.15) is 13.2 Å². The summed E-state index contributed by atoms with van der Waals surface area (Å²) in [6.07, 6.45) is -2.75. The molecule has 7 heteroatoms. The van der Waals surface area contributed by atoms with Gasteiger partial charge in [-0.25, -0.2) is 4.98 Å². The number of aryl methyl sites for hydroxylation is 1. The minimum atomic E-state index is -4.39. The highest BCUT2D eigenvalue weighted by Crippen LogP contribution is 2.21. The van der Waals surface area contributed by atoms with Gasteiger partial charge in [-0.1, -0.05) is 17.8 Å². The van der Waals surface area contributed by atoms with Crippen LogP contribution < -0.4 is 5.32 Å². The van der Waals surface area contributed by atoms with Gasteiger partial charge in [-0.15, -0.1) is 0 Å². The minimum absolute atomic E-state index is 0.607. The summed E-state index contributed by atoms with van der Waals surface area (Å²) in [5.74, 6) is -0.653. The highest BCUT2D eigenvalue weighted by atomic mass is 32.2. The van der Waals surface area contributed by atoms with Crippen molar-refractivity contribution >= 4 is 17.7 Å². The van der Waals surface area contributed by atoms with Crippen LogP contribution in [0.25, 0.3) is 0 Å². The van der Waals surface area contributed by atoms with E-state index in [1.807, 2.05) is 18.3 Å². The Kier molecular flexibility index (Phi) is 5.01. The lowest BCUT2D eigenvalue weighted by Crippen LogP contribution is -2.37. The fourth-order valence-electron chi connectivity index (χ4n) is 1.09. The normalized spacial score (nSPS) is 13.2. The largest absolute Gasteiger partial charge is 0.405 e. The lowest BCUT2D eigenvalue weighted by atomic mass is 10.3. The monoisotopic (exact) mass is 278 g/mol. The number of amides is 1. The van der Waals surface area contributed by atoms with Crippen LogP contribution in [0.15, 0.2) is 23.4 Å². The van der Waals surface area contributed by atoms with E-state index in [-0.39, 0.29) is 0 Å². The fourth-order valence-corrected chi connectivity index (χ4v) is 1.90. The number of pyridine rings is 1. The van der Waals surface area contributed by atoms with E-state index < -0.39 is 23.9 Å². The summed E-state index contributed by atoms with van der Waals surface area (Å²) in [5, 5.41) is 1.83. The van der Waals surface area contributed by atoms with Crippen molar-refractivity contribution in [3.05, 3.63) is 23.9 Å². The number of rotatable bonds is 4. The zero-order chi connectivity index (χ0) is 13.8. The van der Waals surface area contributed by atoms with Gasteiger partial charge < -0.3 is 5.32 Å². The van der Waals surface area contributed by atoms with Crippen LogP contribution in [0.5, 0.6) is 0 Å². The molecule has 0 fully saturated rings. The molecule has 18 heavy (non-hydrogen) atoms. The van der Waals surface area contributed by atoms with Crippen LogP contribution in [0, 0.1) is 6.92 Å². The quantitative estimate of drug-likeness (QED) is 0.861. The molecule has 0 aliphatic heterocycles. The Labute approximate surface area is 107 Å². The molecule has 1 atom stereocenters. The Hall–Kier alpha value is -1.24. The number of carbonyl (C=O) groups is 1. The summed E-state index contributed by atoms with van der Waals surface area (Å²) >= 11 is 1.12. The van der Waals surface area contributed by atoms with E-state index in [1.54, 1.807) is 12.3 Å². The van der Waals surface area contributed by atoms with E-state index in [9.17, 15) is 18.0 Å². The third-order valence-electron chi connectivity index (χ3n) is 2.01. The van der Waals surface area contributed by atoms with Gasteiger partial charge in [-0.3, -0.25) is 4.79 Å². The first-order valence-corrected chi connectivity index (χ1v) is 6.09. The Balaban J connectivity index is 2.47. The van der Waals surface area contributed by atoms with Gasteiger partial charge in [0, 0.05) is 6.20 Å². The fraction of sp³-hybridized carbons (Fsp3) is 0.455. The number of hydrogen-bond acceptors (Lipinski definition) is 3. The van der Waals surface area contributed by atoms with Gasteiger partial charge in [0.05, 0.1) is 10.3 Å². The molecule has 1 heterocycles. The number of alkyl halides is 3. The van der Waals surface area contributed by atoms with Gasteiger partial charge in [0.2, 0.25) is 5.91 Å².